The normalized spacial score (nSPS) is 44.5. The molecule has 0 amide bonds. The zero-order valence-corrected chi connectivity index (χ0v) is 14.7. The van der Waals surface area contributed by atoms with Crippen molar-refractivity contribution in [3.05, 3.63) is 35.5 Å². The number of Topliss-reactive ketones (excluding diaryl/α,β-unsaturated/α-hetero) is 1. The van der Waals surface area contributed by atoms with Crippen LogP contribution in [0.1, 0.15) is 53.4 Å². The van der Waals surface area contributed by atoms with E-state index in [1.54, 1.807) is 6.08 Å². The highest BCUT2D eigenvalue weighted by atomic mass is 16.6. The molecule has 5 unspecified atom stereocenters. The molecule has 3 heteroatoms. The smallest absolute Gasteiger partial charge is 0.194 e. The van der Waals surface area contributed by atoms with Crippen molar-refractivity contribution in [2.75, 3.05) is 0 Å². The minimum atomic E-state index is -0.610. The highest BCUT2D eigenvalue weighted by molar-refractivity contribution is 6.05. The molecular weight excluding hydrogens is 288 g/mol. The van der Waals surface area contributed by atoms with Crippen molar-refractivity contribution in [1.29, 1.82) is 0 Å². The molecule has 0 saturated carbocycles. The van der Waals surface area contributed by atoms with Gasteiger partial charge in [0, 0.05) is 5.57 Å². The first kappa shape index (κ1) is 16.7. The van der Waals surface area contributed by atoms with E-state index in [-0.39, 0.29) is 28.8 Å². The molecule has 1 fully saturated rings. The molecule has 5 atom stereocenters. The van der Waals surface area contributed by atoms with Crippen molar-refractivity contribution in [1.82, 2.24) is 0 Å². The molecule has 3 rings (SSSR count). The van der Waals surface area contributed by atoms with Gasteiger partial charge in [0.2, 0.25) is 0 Å². The molecular formula is C20H28O3. The maximum absolute atomic E-state index is 12.9. The van der Waals surface area contributed by atoms with Crippen LogP contribution in [0.3, 0.4) is 0 Å². The van der Waals surface area contributed by atoms with Crippen molar-refractivity contribution < 1.29 is 14.6 Å². The van der Waals surface area contributed by atoms with Crippen LogP contribution in [0.15, 0.2) is 35.5 Å². The maximum Gasteiger partial charge on any atom is 0.194 e. The molecule has 3 nitrogen and oxygen atoms in total. The molecule has 0 aromatic rings. The summed E-state index contributed by atoms with van der Waals surface area (Å²) in [5, 5.41) is 10.5. The number of fused-ring (bicyclic) bond motifs is 3. The minimum Gasteiger partial charge on any atom is -0.389 e. The van der Waals surface area contributed by atoms with E-state index in [0.717, 1.165) is 31.3 Å². The van der Waals surface area contributed by atoms with Crippen LogP contribution in [0.4, 0.5) is 0 Å². The van der Waals surface area contributed by atoms with Gasteiger partial charge >= 0.3 is 0 Å². The fourth-order valence-electron chi connectivity index (χ4n) is 4.05. The third kappa shape index (κ3) is 2.64. The van der Waals surface area contributed by atoms with E-state index >= 15 is 0 Å². The van der Waals surface area contributed by atoms with Crippen LogP contribution in [0.2, 0.25) is 0 Å². The van der Waals surface area contributed by atoms with E-state index in [0.29, 0.717) is 5.57 Å². The standard InChI is InChI=1S/C20H28O3/c1-12-7-6-9-20(5)18(23-20)17(22)15-11-16(21)14(3)19(4,10-8-12)13(15)2/h7,11,14,16,18,21H,2,6,8-10H2,1,3-5H3. The number of ether oxygens (including phenoxy) is 1. The van der Waals surface area contributed by atoms with Crippen LogP contribution in [0, 0.1) is 11.3 Å². The number of aliphatic hydroxyl groups excluding tert-OH is 1. The van der Waals surface area contributed by atoms with Gasteiger partial charge in [0.15, 0.2) is 5.78 Å². The Morgan fingerprint density at radius 3 is 2.74 bits per heavy atom. The SMILES string of the molecule is C=C1C2=CC(O)C(C)C1(C)CCC(C)=CCCC1(C)OC1C2=O. The Labute approximate surface area is 139 Å². The molecule has 0 spiro atoms. The number of allylic oxidation sites excluding steroid dienone is 3. The molecule has 0 aromatic carbocycles. The fourth-order valence-corrected chi connectivity index (χ4v) is 4.05. The van der Waals surface area contributed by atoms with Crippen molar-refractivity contribution in [2.24, 2.45) is 11.3 Å². The van der Waals surface area contributed by atoms with Crippen molar-refractivity contribution in [2.45, 2.75) is 71.2 Å². The van der Waals surface area contributed by atoms with Crippen LogP contribution in [0.5, 0.6) is 0 Å². The van der Waals surface area contributed by atoms with E-state index in [4.69, 9.17) is 4.74 Å². The number of epoxide rings is 1. The molecule has 2 bridgehead atoms. The van der Waals surface area contributed by atoms with Gasteiger partial charge < -0.3 is 9.84 Å². The lowest BCUT2D eigenvalue weighted by atomic mass is 9.61. The van der Waals surface area contributed by atoms with Gasteiger partial charge in [-0.05, 0) is 62.5 Å². The zero-order chi connectivity index (χ0) is 17.0. The largest absolute Gasteiger partial charge is 0.389 e. The third-order valence-corrected chi connectivity index (χ3v) is 6.43. The number of carbonyl (C=O) groups excluding carboxylic acids is 1. The number of hydrogen-bond donors (Lipinski definition) is 1. The molecule has 0 aromatic heterocycles. The predicted molar refractivity (Wildman–Crippen MR) is 91.0 cm³/mol. The third-order valence-electron chi connectivity index (χ3n) is 6.43. The van der Waals surface area contributed by atoms with E-state index in [9.17, 15) is 9.90 Å². The summed E-state index contributed by atoms with van der Waals surface area (Å²) >= 11 is 0. The fraction of sp³-hybridized carbons (Fsp3) is 0.650. The van der Waals surface area contributed by atoms with E-state index < -0.39 is 6.10 Å². The Bertz CT molecular complexity index is 614. The van der Waals surface area contributed by atoms with Crippen LogP contribution in [-0.4, -0.2) is 28.7 Å². The predicted octanol–water partition coefficient (Wildman–Crippen LogP) is 3.73. The highest BCUT2D eigenvalue weighted by Crippen LogP contribution is 2.51. The summed E-state index contributed by atoms with van der Waals surface area (Å²) < 4.78 is 5.76. The summed E-state index contributed by atoms with van der Waals surface area (Å²) in [6.07, 6.45) is 6.65. The van der Waals surface area contributed by atoms with Crippen LogP contribution < -0.4 is 0 Å². The van der Waals surface area contributed by atoms with Crippen molar-refractivity contribution in [3.63, 3.8) is 0 Å². The second-order valence-corrected chi connectivity index (χ2v) is 8.02. The van der Waals surface area contributed by atoms with Crippen molar-refractivity contribution >= 4 is 5.78 Å². The first-order valence-corrected chi connectivity index (χ1v) is 8.66. The summed E-state index contributed by atoms with van der Waals surface area (Å²) in [4.78, 5) is 12.9. The Balaban J connectivity index is 2.03. The Kier molecular flexibility index (Phi) is 3.93. The molecule has 1 saturated heterocycles. The summed E-state index contributed by atoms with van der Waals surface area (Å²) in [5.41, 5.74) is 2.20. The monoisotopic (exact) mass is 316 g/mol. The Morgan fingerprint density at radius 1 is 1.35 bits per heavy atom. The molecule has 1 heterocycles. The number of rotatable bonds is 0. The molecule has 23 heavy (non-hydrogen) atoms. The van der Waals surface area contributed by atoms with Crippen LogP contribution in [0.25, 0.3) is 0 Å². The molecule has 3 aliphatic rings. The van der Waals surface area contributed by atoms with Crippen LogP contribution in [-0.2, 0) is 9.53 Å². The number of hydrogen-bond acceptors (Lipinski definition) is 3. The number of carbonyl (C=O) groups is 1. The summed E-state index contributed by atoms with van der Waals surface area (Å²) in [7, 11) is 0. The van der Waals surface area contributed by atoms with Crippen LogP contribution >= 0.6 is 0 Å². The quantitative estimate of drug-likeness (QED) is 0.547. The maximum atomic E-state index is 12.9. The lowest BCUT2D eigenvalue weighted by molar-refractivity contribution is -0.117. The Hall–Kier alpha value is -1.19. The minimum absolute atomic E-state index is 0.00375. The molecule has 1 N–H and O–H groups in total. The van der Waals surface area contributed by atoms with E-state index in [1.807, 2.05) is 6.92 Å². The van der Waals surface area contributed by atoms with Gasteiger partial charge in [-0.1, -0.05) is 32.1 Å². The van der Waals surface area contributed by atoms with Gasteiger partial charge in [-0.25, -0.2) is 0 Å². The average molecular weight is 316 g/mol. The zero-order valence-electron chi connectivity index (χ0n) is 14.7. The summed E-state index contributed by atoms with van der Waals surface area (Å²) in [6, 6.07) is 0. The van der Waals surface area contributed by atoms with Gasteiger partial charge in [0.05, 0.1) is 6.10 Å². The Morgan fingerprint density at radius 2 is 2.04 bits per heavy atom. The van der Waals surface area contributed by atoms with E-state index in [1.165, 1.54) is 5.57 Å². The second kappa shape index (κ2) is 5.42. The van der Waals surface area contributed by atoms with Gasteiger partial charge in [-0.2, -0.15) is 0 Å². The van der Waals surface area contributed by atoms with E-state index in [2.05, 4.69) is 33.4 Å². The molecule has 0 radical (unpaired) electrons. The van der Waals surface area contributed by atoms with Gasteiger partial charge in [-0.3, -0.25) is 4.79 Å². The molecule has 1 aliphatic heterocycles. The lowest BCUT2D eigenvalue weighted by Gasteiger charge is -2.44. The first-order chi connectivity index (χ1) is 10.7. The van der Waals surface area contributed by atoms with Gasteiger partial charge in [-0.15, -0.1) is 0 Å². The number of ketones is 1. The summed E-state index contributed by atoms with van der Waals surface area (Å²) in [6.45, 7) is 12.6. The topological polar surface area (TPSA) is 49.8 Å². The molecule has 2 aliphatic carbocycles. The lowest BCUT2D eigenvalue weighted by Crippen LogP contribution is -2.41. The molecule has 126 valence electrons. The second-order valence-electron chi connectivity index (χ2n) is 8.02. The summed E-state index contributed by atoms with van der Waals surface area (Å²) in [5.74, 6) is 0.0461. The average Bonchev–Trinajstić information content (AvgIpc) is 3.17. The first-order valence-electron chi connectivity index (χ1n) is 8.66. The van der Waals surface area contributed by atoms with Gasteiger partial charge in [0.1, 0.15) is 11.7 Å². The highest BCUT2D eigenvalue weighted by Gasteiger charge is 2.58. The van der Waals surface area contributed by atoms with Crippen molar-refractivity contribution in [3.8, 4) is 0 Å². The van der Waals surface area contributed by atoms with Gasteiger partial charge in [0.25, 0.3) is 0 Å². The number of aliphatic hydroxyl groups is 1.